The average molecular weight is 265 g/mol. The van der Waals surface area contributed by atoms with Gasteiger partial charge in [0.15, 0.2) is 0 Å². The second-order valence-corrected chi connectivity index (χ2v) is 5.35. The van der Waals surface area contributed by atoms with E-state index in [4.69, 9.17) is 10.5 Å². The van der Waals surface area contributed by atoms with E-state index < -0.39 is 6.04 Å². The molecular formula is C15H23NO3. The lowest BCUT2D eigenvalue weighted by atomic mass is 10.1. The normalized spacial score (nSPS) is 14.2. The minimum atomic E-state index is -0.667. The predicted octanol–water partition coefficient (Wildman–Crippen LogP) is 2.24. The molecule has 0 amide bonds. The Hall–Kier alpha value is -1.55. The monoisotopic (exact) mass is 265 g/mol. The first-order valence-corrected chi connectivity index (χ1v) is 6.62. The number of phenols is 1. The smallest absolute Gasteiger partial charge is 0.323 e. The molecule has 106 valence electrons. The summed E-state index contributed by atoms with van der Waals surface area (Å²) in [6, 6.07) is 5.99. The zero-order valence-corrected chi connectivity index (χ0v) is 11.8. The quantitative estimate of drug-likeness (QED) is 0.774. The Balaban J connectivity index is 2.46. The van der Waals surface area contributed by atoms with Crippen molar-refractivity contribution in [3.05, 3.63) is 29.8 Å². The van der Waals surface area contributed by atoms with Gasteiger partial charge in [-0.2, -0.15) is 0 Å². The van der Waals surface area contributed by atoms with Crippen LogP contribution in [0.1, 0.15) is 32.8 Å². The van der Waals surface area contributed by atoms with E-state index in [0.29, 0.717) is 12.3 Å². The summed E-state index contributed by atoms with van der Waals surface area (Å²) in [6.45, 7) is 6.05. The molecule has 19 heavy (non-hydrogen) atoms. The van der Waals surface area contributed by atoms with Gasteiger partial charge in [-0.05, 0) is 43.4 Å². The van der Waals surface area contributed by atoms with Crippen LogP contribution in [0.3, 0.4) is 0 Å². The first-order chi connectivity index (χ1) is 8.88. The highest BCUT2D eigenvalue weighted by Gasteiger charge is 2.18. The third-order valence-electron chi connectivity index (χ3n) is 2.82. The molecule has 1 unspecified atom stereocenters. The Labute approximate surface area is 114 Å². The summed E-state index contributed by atoms with van der Waals surface area (Å²) in [6.07, 6.45) is 1.13. The van der Waals surface area contributed by atoms with Crippen molar-refractivity contribution in [2.75, 3.05) is 0 Å². The van der Waals surface area contributed by atoms with Crippen LogP contribution in [0.25, 0.3) is 0 Å². The number of esters is 1. The van der Waals surface area contributed by atoms with Crippen LogP contribution >= 0.6 is 0 Å². The van der Waals surface area contributed by atoms with Gasteiger partial charge >= 0.3 is 5.97 Å². The first-order valence-electron chi connectivity index (χ1n) is 6.62. The van der Waals surface area contributed by atoms with E-state index in [1.54, 1.807) is 24.3 Å². The summed E-state index contributed by atoms with van der Waals surface area (Å²) in [5.41, 5.74) is 6.73. The molecule has 0 saturated carbocycles. The van der Waals surface area contributed by atoms with Crippen molar-refractivity contribution < 1.29 is 14.6 Å². The highest BCUT2D eigenvalue weighted by Crippen LogP contribution is 2.12. The van der Waals surface area contributed by atoms with Gasteiger partial charge in [-0.15, -0.1) is 0 Å². The molecule has 0 spiro atoms. The Morgan fingerprint density at radius 2 is 1.84 bits per heavy atom. The summed E-state index contributed by atoms with van der Waals surface area (Å²) >= 11 is 0. The lowest BCUT2D eigenvalue weighted by Gasteiger charge is -2.18. The Morgan fingerprint density at radius 1 is 1.26 bits per heavy atom. The van der Waals surface area contributed by atoms with E-state index in [1.807, 2.05) is 6.92 Å². The van der Waals surface area contributed by atoms with Crippen LogP contribution in [0.2, 0.25) is 0 Å². The van der Waals surface area contributed by atoms with E-state index in [0.717, 1.165) is 12.0 Å². The minimum Gasteiger partial charge on any atom is -0.508 e. The van der Waals surface area contributed by atoms with E-state index in [9.17, 15) is 9.90 Å². The van der Waals surface area contributed by atoms with Crippen LogP contribution in [0.15, 0.2) is 24.3 Å². The SMILES string of the molecule is CC(C)CC(C)OC(=O)[C@@H](N)Cc1ccc(O)cc1. The fourth-order valence-corrected chi connectivity index (χ4v) is 1.97. The molecule has 1 aromatic rings. The van der Waals surface area contributed by atoms with E-state index in [2.05, 4.69) is 13.8 Å². The molecule has 1 rings (SSSR count). The number of hydrogen-bond acceptors (Lipinski definition) is 4. The second kappa shape index (κ2) is 7.14. The fraction of sp³-hybridized carbons (Fsp3) is 0.533. The Bertz CT molecular complexity index is 400. The number of rotatable bonds is 6. The Morgan fingerprint density at radius 3 is 2.37 bits per heavy atom. The largest absolute Gasteiger partial charge is 0.508 e. The summed E-state index contributed by atoms with van der Waals surface area (Å²) in [5.74, 6) is 0.308. The van der Waals surface area contributed by atoms with Crippen molar-refractivity contribution in [3.8, 4) is 5.75 Å². The third kappa shape index (κ3) is 5.75. The highest BCUT2D eigenvalue weighted by molar-refractivity contribution is 5.76. The van der Waals surface area contributed by atoms with Crippen LogP contribution in [0, 0.1) is 5.92 Å². The highest BCUT2D eigenvalue weighted by atomic mass is 16.5. The maximum absolute atomic E-state index is 11.8. The van der Waals surface area contributed by atoms with Crippen LogP contribution in [-0.2, 0) is 16.0 Å². The van der Waals surface area contributed by atoms with Gasteiger partial charge in [0.1, 0.15) is 11.8 Å². The van der Waals surface area contributed by atoms with E-state index in [-0.39, 0.29) is 17.8 Å². The molecule has 4 heteroatoms. The Kier molecular flexibility index (Phi) is 5.83. The predicted molar refractivity (Wildman–Crippen MR) is 74.8 cm³/mol. The summed E-state index contributed by atoms with van der Waals surface area (Å²) in [4.78, 5) is 11.8. The molecule has 1 aromatic carbocycles. The number of hydrogen-bond donors (Lipinski definition) is 2. The van der Waals surface area contributed by atoms with Gasteiger partial charge in [-0.1, -0.05) is 26.0 Å². The zero-order valence-electron chi connectivity index (χ0n) is 11.8. The van der Waals surface area contributed by atoms with Crippen LogP contribution in [-0.4, -0.2) is 23.2 Å². The average Bonchev–Trinajstić information content (AvgIpc) is 2.30. The van der Waals surface area contributed by atoms with Crippen molar-refractivity contribution >= 4 is 5.97 Å². The van der Waals surface area contributed by atoms with Gasteiger partial charge in [0.2, 0.25) is 0 Å². The van der Waals surface area contributed by atoms with Crippen molar-refractivity contribution in [2.24, 2.45) is 11.7 Å². The van der Waals surface area contributed by atoms with Crippen molar-refractivity contribution in [3.63, 3.8) is 0 Å². The second-order valence-electron chi connectivity index (χ2n) is 5.35. The maximum atomic E-state index is 11.8. The number of nitrogens with two attached hydrogens (primary N) is 1. The van der Waals surface area contributed by atoms with Crippen molar-refractivity contribution in [2.45, 2.75) is 45.8 Å². The lowest BCUT2D eigenvalue weighted by Crippen LogP contribution is -2.36. The van der Waals surface area contributed by atoms with Crippen molar-refractivity contribution in [1.82, 2.24) is 0 Å². The molecule has 4 nitrogen and oxygen atoms in total. The number of aromatic hydroxyl groups is 1. The number of ether oxygens (including phenoxy) is 1. The molecule has 3 N–H and O–H groups in total. The first kappa shape index (κ1) is 15.5. The zero-order chi connectivity index (χ0) is 14.4. The van der Waals surface area contributed by atoms with Crippen LogP contribution < -0.4 is 5.73 Å². The molecule has 0 aliphatic rings. The van der Waals surface area contributed by atoms with Gasteiger partial charge in [-0.25, -0.2) is 0 Å². The molecular weight excluding hydrogens is 242 g/mol. The van der Waals surface area contributed by atoms with E-state index in [1.165, 1.54) is 0 Å². The van der Waals surface area contributed by atoms with E-state index >= 15 is 0 Å². The van der Waals surface area contributed by atoms with Crippen LogP contribution in [0.4, 0.5) is 0 Å². The van der Waals surface area contributed by atoms with Gasteiger partial charge in [0, 0.05) is 0 Å². The summed E-state index contributed by atoms with van der Waals surface area (Å²) < 4.78 is 5.31. The summed E-state index contributed by atoms with van der Waals surface area (Å²) in [5, 5.41) is 9.18. The maximum Gasteiger partial charge on any atom is 0.323 e. The number of carbonyl (C=O) groups is 1. The molecule has 0 heterocycles. The van der Waals surface area contributed by atoms with Gasteiger partial charge in [0.05, 0.1) is 6.10 Å². The number of phenolic OH excluding ortho intramolecular Hbond substituents is 1. The van der Waals surface area contributed by atoms with Crippen molar-refractivity contribution in [1.29, 1.82) is 0 Å². The third-order valence-corrected chi connectivity index (χ3v) is 2.82. The lowest BCUT2D eigenvalue weighted by molar-refractivity contribution is -0.150. The molecule has 0 saturated heterocycles. The van der Waals surface area contributed by atoms with Crippen LogP contribution in [0.5, 0.6) is 5.75 Å². The minimum absolute atomic E-state index is 0.113. The van der Waals surface area contributed by atoms with Gasteiger partial charge in [0.25, 0.3) is 0 Å². The molecule has 0 aliphatic carbocycles. The number of benzene rings is 1. The van der Waals surface area contributed by atoms with Gasteiger partial charge in [-0.3, -0.25) is 4.79 Å². The fourth-order valence-electron chi connectivity index (χ4n) is 1.97. The molecule has 0 bridgehead atoms. The molecule has 0 radical (unpaired) electrons. The topological polar surface area (TPSA) is 72.5 Å². The number of carbonyl (C=O) groups excluding carboxylic acids is 1. The standard InChI is InChI=1S/C15H23NO3/c1-10(2)8-11(3)19-15(18)14(16)9-12-4-6-13(17)7-5-12/h4-7,10-11,14,17H,8-9,16H2,1-3H3/t11?,14-/m0/s1. The molecule has 0 aromatic heterocycles. The molecule has 0 aliphatic heterocycles. The summed E-state index contributed by atoms with van der Waals surface area (Å²) in [7, 11) is 0. The molecule has 0 fully saturated rings. The molecule has 2 atom stereocenters. The van der Waals surface area contributed by atoms with Gasteiger partial charge < -0.3 is 15.6 Å².